The lowest BCUT2D eigenvalue weighted by Gasteiger charge is -2.45. The molecule has 3 aromatic carbocycles. The number of rotatable bonds is 11. The maximum absolute atomic E-state index is 14.1. The average Bonchev–Trinajstić information content (AvgIpc) is 3.26. The van der Waals surface area contributed by atoms with Gasteiger partial charge in [-0.25, -0.2) is 9.69 Å². The van der Waals surface area contributed by atoms with Crippen molar-refractivity contribution >= 4 is 23.5 Å². The van der Waals surface area contributed by atoms with Crippen LogP contribution in [0.2, 0.25) is 0 Å². The molecule has 0 aromatic heterocycles. The van der Waals surface area contributed by atoms with E-state index in [-0.39, 0.29) is 29.2 Å². The van der Waals surface area contributed by atoms with Crippen LogP contribution >= 0.6 is 0 Å². The van der Waals surface area contributed by atoms with Gasteiger partial charge in [0, 0.05) is 11.8 Å². The molecule has 2 atom stereocenters. The smallest absolute Gasteiger partial charge is 0.340 e. The maximum Gasteiger partial charge on any atom is 0.340 e. The Bertz CT molecular complexity index is 1310. The second-order valence-corrected chi connectivity index (χ2v) is 11.4. The molecule has 0 saturated carbocycles. The van der Waals surface area contributed by atoms with Gasteiger partial charge in [0.25, 0.3) is 0 Å². The third-order valence-electron chi connectivity index (χ3n) is 9.04. The van der Waals surface area contributed by atoms with E-state index in [1.807, 2.05) is 24.3 Å². The minimum absolute atomic E-state index is 0.176. The number of para-hydroxylation sites is 1. The Balaban J connectivity index is 1.21. The number of unbranched alkanes of at least 4 members (excludes halogenated alkanes) is 7. The largest absolute Gasteiger partial charge is 0.462 e. The third kappa shape index (κ3) is 4.46. The first kappa shape index (κ1) is 26.5. The third-order valence-corrected chi connectivity index (χ3v) is 9.04. The second-order valence-electron chi connectivity index (χ2n) is 11.4. The molecule has 2 amide bonds. The molecule has 0 N–H and O–H groups in total. The van der Waals surface area contributed by atoms with Crippen LogP contribution in [0, 0.1) is 11.8 Å². The van der Waals surface area contributed by atoms with Crippen molar-refractivity contribution in [1.82, 2.24) is 0 Å². The van der Waals surface area contributed by atoms with Crippen LogP contribution in [0.15, 0.2) is 72.8 Å². The van der Waals surface area contributed by atoms with Gasteiger partial charge in [0.05, 0.1) is 29.7 Å². The fraction of sp³-hybridized carbons (Fsp3) is 0.400. The Morgan fingerprint density at radius 3 is 1.62 bits per heavy atom. The van der Waals surface area contributed by atoms with E-state index in [2.05, 4.69) is 31.2 Å². The van der Waals surface area contributed by atoms with Crippen LogP contribution in [0.1, 0.15) is 103 Å². The lowest BCUT2D eigenvalue weighted by molar-refractivity contribution is -0.122. The van der Waals surface area contributed by atoms with Gasteiger partial charge in [-0.15, -0.1) is 0 Å². The lowest BCUT2D eigenvalue weighted by Crippen LogP contribution is -2.41. The molecule has 7 rings (SSSR count). The van der Waals surface area contributed by atoms with Crippen molar-refractivity contribution < 1.29 is 19.1 Å². The summed E-state index contributed by atoms with van der Waals surface area (Å²) in [6.07, 6.45) is 9.29. The number of amides is 2. The van der Waals surface area contributed by atoms with E-state index in [0.717, 1.165) is 41.5 Å². The Labute approximate surface area is 236 Å². The fourth-order valence-corrected chi connectivity index (χ4v) is 7.23. The van der Waals surface area contributed by atoms with Crippen molar-refractivity contribution in [3.8, 4) is 0 Å². The van der Waals surface area contributed by atoms with Gasteiger partial charge in [-0.05, 0) is 40.8 Å². The van der Waals surface area contributed by atoms with Crippen LogP contribution in [0.3, 0.4) is 0 Å². The predicted octanol–water partition coefficient (Wildman–Crippen LogP) is 7.38. The molecule has 0 radical (unpaired) electrons. The number of benzene rings is 3. The van der Waals surface area contributed by atoms with E-state index >= 15 is 0 Å². The predicted molar refractivity (Wildman–Crippen MR) is 155 cm³/mol. The molecule has 2 unspecified atom stereocenters. The van der Waals surface area contributed by atoms with Gasteiger partial charge in [-0.3, -0.25) is 9.59 Å². The molecule has 0 spiro atoms. The summed E-state index contributed by atoms with van der Waals surface area (Å²) >= 11 is 0. The Morgan fingerprint density at radius 2 is 1.10 bits per heavy atom. The van der Waals surface area contributed by atoms with E-state index in [1.165, 1.54) is 37.0 Å². The summed E-state index contributed by atoms with van der Waals surface area (Å²) in [6.45, 7) is 2.56. The zero-order valence-electron chi connectivity index (χ0n) is 23.2. The molecular weight excluding hydrogens is 498 g/mol. The van der Waals surface area contributed by atoms with E-state index in [0.29, 0.717) is 12.3 Å². The summed E-state index contributed by atoms with van der Waals surface area (Å²) in [7, 11) is 0. The number of anilines is 1. The van der Waals surface area contributed by atoms with Gasteiger partial charge in [0.15, 0.2) is 0 Å². The maximum atomic E-state index is 14.1. The van der Waals surface area contributed by atoms with Gasteiger partial charge >= 0.3 is 5.97 Å². The molecule has 5 nitrogen and oxygen atoms in total. The van der Waals surface area contributed by atoms with Gasteiger partial charge in [-0.1, -0.05) is 113 Å². The Hall–Kier alpha value is -3.73. The number of hydrogen-bond donors (Lipinski definition) is 0. The molecule has 206 valence electrons. The van der Waals surface area contributed by atoms with Gasteiger partial charge < -0.3 is 4.74 Å². The van der Waals surface area contributed by atoms with Crippen LogP contribution in [0.25, 0.3) is 0 Å². The average molecular weight is 536 g/mol. The molecular formula is C35H37NO4. The first-order valence-corrected chi connectivity index (χ1v) is 14.9. The van der Waals surface area contributed by atoms with Gasteiger partial charge in [-0.2, -0.15) is 0 Å². The molecule has 1 saturated heterocycles. The standard InChI is InChI=1S/C35H37NO4/c1-2-3-4-5-6-7-8-15-22-40-35(39)27-20-13-14-21-28(27)36-33(37)31-29-23-16-9-10-17-24(23)30(32(31)34(36)38)26-19-12-11-18-25(26)29/h9-14,16-21,29-32H,2-8,15,22H2,1H3. The molecule has 2 bridgehead atoms. The summed E-state index contributed by atoms with van der Waals surface area (Å²) in [6, 6.07) is 23.3. The fourth-order valence-electron chi connectivity index (χ4n) is 7.23. The summed E-state index contributed by atoms with van der Waals surface area (Å²) in [4.78, 5) is 42.7. The lowest BCUT2D eigenvalue weighted by atomic mass is 9.55. The highest BCUT2D eigenvalue weighted by molar-refractivity contribution is 6.25. The number of carbonyl (C=O) groups is 3. The van der Waals surface area contributed by atoms with Crippen molar-refractivity contribution in [3.05, 3.63) is 101 Å². The van der Waals surface area contributed by atoms with Crippen LogP contribution in [0.4, 0.5) is 5.69 Å². The van der Waals surface area contributed by atoms with Crippen molar-refractivity contribution in [2.24, 2.45) is 11.8 Å². The summed E-state index contributed by atoms with van der Waals surface area (Å²) in [5.41, 5.74) is 5.13. The molecule has 40 heavy (non-hydrogen) atoms. The van der Waals surface area contributed by atoms with E-state index in [9.17, 15) is 14.4 Å². The SMILES string of the molecule is CCCCCCCCCCOC(=O)c1ccccc1N1C(=O)C2C3c4ccccc4C(c4ccccc43)C2C1=O. The van der Waals surface area contributed by atoms with Gasteiger partial charge in [0.1, 0.15) is 0 Å². The quantitative estimate of drug-likeness (QED) is 0.146. The highest BCUT2D eigenvalue weighted by Gasteiger charge is 2.62. The number of imide groups is 1. The van der Waals surface area contributed by atoms with Crippen molar-refractivity contribution in [2.45, 2.75) is 70.1 Å². The van der Waals surface area contributed by atoms with Crippen molar-refractivity contribution in [1.29, 1.82) is 0 Å². The molecule has 4 aliphatic rings. The van der Waals surface area contributed by atoms with E-state index < -0.39 is 17.8 Å². The van der Waals surface area contributed by atoms with Crippen LogP contribution in [-0.4, -0.2) is 24.4 Å². The number of esters is 1. The Kier molecular flexibility index (Phi) is 7.55. The van der Waals surface area contributed by atoms with Crippen LogP contribution < -0.4 is 4.90 Å². The number of ether oxygens (including phenoxy) is 1. The highest BCUT2D eigenvalue weighted by atomic mass is 16.5. The number of nitrogens with zero attached hydrogens (tertiary/aromatic N) is 1. The second kappa shape index (κ2) is 11.4. The highest BCUT2D eigenvalue weighted by Crippen LogP contribution is 2.61. The number of carbonyl (C=O) groups excluding carboxylic acids is 3. The van der Waals surface area contributed by atoms with Crippen molar-refractivity contribution in [3.63, 3.8) is 0 Å². The van der Waals surface area contributed by atoms with Crippen LogP contribution in [0.5, 0.6) is 0 Å². The summed E-state index contributed by atoms with van der Waals surface area (Å²) < 4.78 is 5.63. The minimum Gasteiger partial charge on any atom is -0.462 e. The topological polar surface area (TPSA) is 63.7 Å². The van der Waals surface area contributed by atoms with Gasteiger partial charge in [0.2, 0.25) is 11.8 Å². The molecule has 5 heteroatoms. The first-order chi connectivity index (χ1) is 19.6. The molecule has 1 aliphatic heterocycles. The van der Waals surface area contributed by atoms with Crippen molar-refractivity contribution in [2.75, 3.05) is 11.5 Å². The zero-order chi connectivity index (χ0) is 27.6. The minimum atomic E-state index is -0.483. The van der Waals surface area contributed by atoms with E-state index in [1.54, 1.807) is 24.3 Å². The monoisotopic (exact) mass is 535 g/mol. The summed E-state index contributed by atoms with van der Waals surface area (Å²) in [5.74, 6) is -2.25. The molecule has 1 fully saturated rings. The number of hydrogen-bond acceptors (Lipinski definition) is 4. The van der Waals surface area contributed by atoms with Crippen LogP contribution in [-0.2, 0) is 14.3 Å². The van der Waals surface area contributed by atoms with E-state index in [4.69, 9.17) is 4.74 Å². The molecule has 3 aromatic rings. The normalized spacial score (nSPS) is 22.2. The summed E-state index contributed by atoms with van der Waals surface area (Å²) in [5, 5.41) is 0. The Morgan fingerprint density at radius 1 is 0.650 bits per heavy atom. The zero-order valence-corrected chi connectivity index (χ0v) is 23.2. The first-order valence-electron chi connectivity index (χ1n) is 14.9. The molecule has 1 heterocycles. The molecule has 3 aliphatic carbocycles.